The summed E-state index contributed by atoms with van der Waals surface area (Å²) in [5, 5.41) is 0.709. The maximum Gasteiger partial charge on any atom is 0.162 e. The fourth-order valence-corrected chi connectivity index (χ4v) is 2.28. The van der Waals surface area contributed by atoms with E-state index in [1.807, 2.05) is 0 Å². The molecule has 0 spiro atoms. The van der Waals surface area contributed by atoms with E-state index in [9.17, 15) is 4.39 Å². The predicted molar refractivity (Wildman–Crippen MR) is 76.0 cm³/mol. The van der Waals surface area contributed by atoms with Crippen molar-refractivity contribution in [3.05, 3.63) is 46.0 Å². The van der Waals surface area contributed by atoms with Gasteiger partial charge in [0.05, 0.1) is 0 Å². The topological polar surface area (TPSA) is 25.8 Å². The van der Waals surface area contributed by atoms with E-state index in [2.05, 4.69) is 23.8 Å². The smallest absolute Gasteiger partial charge is 0.162 e. The van der Waals surface area contributed by atoms with Gasteiger partial charge in [-0.2, -0.15) is 0 Å². The summed E-state index contributed by atoms with van der Waals surface area (Å²) in [5.74, 6) is 0.509. The van der Waals surface area contributed by atoms with Gasteiger partial charge in [-0.15, -0.1) is 0 Å². The highest BCUT2D eigenvalue weighted by molar-refractivity contribution is 6.34. The maximum absolute atomic E-state index is 12.9. The Morgan fingerprint density at radius 1 is 1.05 bits per heavy atom. The van der Waals surface area contributed by atoms with Crippen LogP contribution in [0, 0.1) is 11.7 Å². The van der Waals surface area contributed by atoms with Gasteiger partial charge >= 0.3 is 0 Å². The van der Waals surface area contributed by atoms with Gasteiger partial charge in [0.15, 0.2) is 5.82 Å². The Bertz CT molecular complexity index is 559. The molecule has 0 radical (unpaired) electrons. The highest BCUT2D eigenvalue weighted by Gasteiger charge is 2.14. The molecule has 5 heteroatoms. The minimum absolute atomic E-state index is 0.308. The zero-order valence-electron chi connectivity index (χ0n) is 10.6. The van der Waals surface area contributed by atoms with Gasteiger partial charge in [0.1, 0.15) is 16.1 Å². The number of hydrogen-bond acceptors (Lipinski definition) is 2. The number of benzene rings is 1. The third-order valence-electron chi connectivity index (χ3n) is 2.62. The minimum Gasteiger partial charge on any atom is -0.216 e. The number of halogens is 3. The van der Waals surface area contributed by atoms with Gasteiger partial charge in [-0.25, -0.2) is 14.4 Å². The third kappa shape index (κ3) is 3.43. The van der Waals surface area contributed by atoms with E-state index in [-0.39, 0.29) is 5.82 Å². The highest BCUT2D eigenvalue weighted by Crippen LogP contribution is 2.27. The normalized spacial score (nSPS) is 11.1. The average molecular weight is 299 g/mol. The van der Waals surface area contributed by atoms with Crippen molar-refractivity contribution in [2.75, 3.05) is 0 Å². The lowest BCUT2D eigenvalue weighted by Gasteiger charge is -2.10. The Kier molecular flexibility index (Phi) is 4.38. The summed E-state index contributed by atoms with van der Waals surface area (Å²) >= 11 is 12.3. The van der Waals surface area contributed by atoms with Crippen molar-refractivity contribution in [2.45, 2.75) is 20.3 Å². The summed E-state index contributed by atoms with van der Waals surface area (Å²) in [7, 11) is 0. The fourth-order valence-electron chi connectivity index (χ4n) is 1.74. The molecule has 0 N–H and O–H groups in total. The zero-order valence-corrected chi connectivity index (χ0v) is 12.1. The number of rotatable bonds is 3. The molecule has 1 aromatic carbocycles. The second kappa shape index (κ2) is 5.85. The van der Waals surface area contributed by atoms with Crippen molar-refractivity contribution in [3.8, 4) is 11.4 Å². The van der Waals surface area contributed by atoms with Gasteiger partial charge in [0.25, 0.3) is 0 Å². The van der Waals surface area contributed by atoms with E-state index in [1.165, 1.54) is 12.1 Å². The van der Waals surface area contributed by atoms with Crippen molar-refractivity contribution in [2.24, 2.45) is 5.92 Å². The van der Waals surface area contributed by atoms with Crippen molar-refractivity contribution >= 4 is 23.2 Å². The molecule has 0 saturated heterocycles. The first-order chi connectivity index (χ1) is 8.97. The van der Waals surface area contributed by atoms with Crippen molar-refractivity contribution in [1.82, 2.24) is 9.97 Å². The van der Waals surface area contributed by atoms with Gasteiger partial charge in [0, 0.05) is 11.1 Å². The lowest BCUT2D eigenvalue weighted by molar-refractivity contribution is 0.628. The van der Waals surface area contributed by atoms with Gasteiger partial charge in [-0.1, -0.05) is 37.0 Å². The van der Waals surface area contributed by atoms with Crippen LogP contribution < -0.4 is 0 Å². The Balaban J connectivity index is 2.42. The molecular weight excluding hydrogens is 286 g/mol. The number of aromatic nitrogens is 2. The Labute approximate surface area is 121 Å². The van der Waals surface area contributed by atoms with Crippen molar-refractivity contribution in [1.29, 1.82) is 0 Å². The molecule has 0 aliphatic carbocycles. The molecule has 2 nitrogen and oxygen atoms in total. The second-order valence-corrected chi connectivity index (χ2v) is 5.43. The molecule has 100 valence electrons. The van der Waals surface area contributed by atoms with Crippen LogP contribution in [0.3, 0.4) is 0 Å². The summed E-state index contributed by atoms with van der Waals surface area (Å²) in [6.07, 6.45) is 0.724. The molecule has 0 aliphatic rings. The molecule has 0 unspecified atom stereocenters. The molecule has 1 aromatic heterocycles. The second-order valence-electron chi connectivity index (χ2n) is 4.71. The van der Waals surface area contributed by atoms with Crippen molar-refractivity contribution < 1.29 is 4.39 Å². The summed E-state index contributed by atoms with van der Waals surface area (Å²) in [4.78, 5) is 8.47. The molecular formula is C14H13Cl2FN2. The van der Waals surface area contributed by atoms with Crippen LogP contribution in [0.15, 0.2) is 24.3 Å². The summed E-state index contributed by atoms with van der Waals surface area (Å²) in [6.45, 7) is 4.14. The maximum atomic E-state index is 12.9. The summed E-state index contributed by atoms with van der Waals surface area (Å²) in [5.41, 5.74) is 1.44. The first-order valence-corrected chi connectivity index (χ1v) is 6.71. The molecule has 0 bridgehead atoms. The van der Waals surface area contributed by atoms with Crippen LogP contribution >= 0.6 is 23.2 Å². The van der Waals surface area contributed by atoms with Gasteiger partial charge in [-0.3, -0.25) is 0 Å². The van der Waals surface area contributed by atoms with Crippen LogP contribution in [-0.2, 0) is 6.42 Å². The van der Waals surface area contributed by atoms with Crippen LogP contribution in [0.4, 0.5) is 4.39 Å². The number of hydrogen-bond donors (Lipinski definition) is 0. The quantitative estimate of drug-likeness (QED) is 0.762. The molecule has 1 heterocycles. The van der Waals surface area contributed by atoms with E-state index < -0.39 is 0 Å². The largest absolute Gasteiger partial charge is 0.216 e. The molecule has 0 saturated carbocycles. The lowest BCUT2D eigenvalue weighted by Crippen LogP contribution is -2.01. The molecule has 2 aromatic rings. The Morgan fingerprint density at radius 3 is 2.05 bits per heavy atom. The standard InChI is InChI=1S/C14H13Cl2FN2/c1-8(2)7-11-12(15)18-14(19-13(11)16)9-3-5-10(17)6-4-9/h3-6,8H,7H2,1-2H3. The van der Waals surface area contributed by atoms with Crippen molar-refractivity contribution in [3.63, 3.8) is 0 Å². The molecule has 2 rings (SSSR count). The third-order valence-corrected chi connectivity index (χ3v) is 3.25. The molecule has 0 atom stereocenters. The van der Waals surface area contributed by atoms with E-state index >= 15 is 0 Å². The van der Waals surface area contributed by atoms with Crippen LogP contribution in [0.25, 0.3) is 11.4 Å². The predicted octanol–water partition coefficient (Wildman–Crippen LogP) is 4.79. The van der Waals surface area contributed by atoms with Crippen LogP contribution in [0.5, 0.6) is 0 Å². The SMILES string of the molecule is CC(C)Cc1c(Cl)nc(-c2ccc(F)cc2)nc1Cl. The van der Waals surface area contributed by atoms with Crippen LogP contribution in [0.1, 0.15) is 19.4 Å². The van der Waals surface area contributed by atoms with E-state index in [0.29, 0.717) is 27.6 Å². The highest BCUT2D eigenvalue weighted by atomic mass is 35.5. The zero-order chi connectivity index (χ0) is 14.0. The number of nitrogens with zero attached hydrogens (tertiary/aromatic N) is 2. The lowest BCUT2D eigenvalue weighted by atomic mass is 10.1. The van der Waals surface area contributed by atoms with Crippen LogP contribution in [0.2, 0.25) is 10.3 Å². The first-order valence-electron chi connectivity index (χ1n) is 5.95. The van der Waals surface area contributed by atoms with Gasteiger partial charge < -0.3 is 0 Å². The monoisotopic (exact) mass is 298 g/mol. The molecule has 0 aliphatic heterocycles. The fraction of sp³-hybridized carbons (Fsp3) is 0.286. The van der Waals surface area contributed by atoms with Gasteiger partial charge in [-0.05, 0) is 36.6 Å². The molecule has 19 heavy (non-hydrogen) atoms. The van der Waals surface area contributed by atoms with E-state index in [0.717, 1.165) is 12.0 Å². The first kappa shape index (κ1) is 14.2. The minimum atomic E-state index is -0.308. The Hall–Kier alpha value is -1.19. The van der Waals surface area contributed by atoms with E-state index in [4.69, 9.17) is 23.2 Å². The molecule has 0 amide bonds. The average Bonchev–Trinajstić information content (AvgIpc) is 2.34. The van der Waals surface area contributed by atoms with Gasteiger partial charge in [0.2, 0.25) is 0 Å². The summed E-state index contributed by atoms with van der Waals surface area (Å²) in [6, 6.07) is 5.89. The summed E-state index contributed by atoms with van der Waals surface area (Å²) < 4.78 is 12.9. The van der Waals surface area contributed by atoms with Crippen LogP contribution in [-0.4, -0.2) is 9.97 Å². The Morgan fingerprint density at radius 2 is 1.58 bits per heavy atom. The van der Waals surface area contributed by atoms with E-state index in [1.54, 1.807) is 12.1 Å². The molecule has 0 fully saturated rings.